The van der Waals surface area contributed by atoms with Crippen LogP contribution in [0.2, 0.25) is 0 Å². The highest BCUT2D eigenvalue weighted by Gasteiger charge is 2.20. The van der Waals surface area contributed by atoms with Gasteiger partial charge in [-0.15, -0.1) is 21.5 Å². The number of amides is 1. The molecule has 1 amide bonds. The second-order valence-electron chi connectivity index (χ2n) is 6.53. The van der Waals surface area contributed by atoms with Crippen molar-refractivity contribution >= 4 is 17.2 Å². The average Bonchev–Trinajstić information content (AvgIpc) is 3.34. The van der Waals surface area contributed by atoms with Gasteiger partial charge in [-0.1, -0.05) is 43.3 Å². The summed E-state index contributed by atoms with van der Waals surface area (Å²) >= 11 is 1.57. The van der Waals surface area contributed by atoms with Crippen LogP contribution in [-0.2, 0) is 11.3 Å². The van der Waals surface area contributed by atoms with E-state index in [2.05, 4.69) is 22.4 Å². The minimum Gasteiger partial charge on any atom is -0.414 e. The fourth-order valence-corrected chi connectivity index (χ4v) is 3.62. The van der Waals surface area contributed by atoms with Gasteiger partial charge in [-0.2, -0.15) is 0 Å². The van der Waals surface area contributed by atoms with Crippen LogP contribution in [0, 0.1) is 0 Å². The predicted molar refractivity (Wildman–Crippen MR) is 105 cm³/mol. The summed E-state index contributed by atoms with van der Waals surface area (Å²) in [6.45, 7) is 5.89. The zero-order valence-electron chi connectivity index (χ0n) is 15.6. The van der Waals surface area contributed by atoms with Crippen LogP contribution in [0.3, 0.4) is 0 Å². The lowest BCUT2D eigenvalue weighted by atomic mass is 10.1. The summed E-state index contributed by atoms with van der Waals surface area (Å²) in [6.07, 6.45) is 0.975. The van der Waals surface area contributed by atoms with E-state index < -0.39 is 0 Å². The van der Waals surface area contributed by atoms with Crippen LogP contribution < -0.4 is 10.2 Å². The predicted octanol–water partition coefficient (Wildman–Crippen LogP) is 2.47. The number of hydrogen-bond donors (Lipinski definition) is 2. The lowest BCUT2D eigenvalue weighted by molar-refractivity contribution is -0.907. The normalized spacial score (nSPS) is 13.3. The van der Waals surface area contributed by atoms with Gasteiger partial charge in [0, 0.05) is 0 Å². The highest BCUT2D eigenvalue weighted by Crippen LogP contribution is 2.22. The fourth-order valence-electron chi connectivity index (χ4n) is 2.98. The van der Waals surface area contributed by atoms with E-state index in [1.165, 1.54) is 0 Å². The zero-order chi connectivity index (χ0) is 19.1. The Morgan fingerprint density at radius 3 is 2.74 bits per heavy atom. The highest BCUT2D eigenvalue weighted by molar-refractivity contribution is 7.13. The van der Waals surface area contributed by atoms with Crippen LogP contribution >= 0.6 is 11.3 Å². The van der Waals surface area contributed by atoms with Crippen LogP contribution in [0.1, 0.15) is 37.8 Å². The average molecular weight is 386 g/mol. The van der Waals surface area contributed by atoms with Crippen LogP contribution in [0.25, 0.3) is 10.8 Å². The molecule has 0 saturated carbocycles. The lowest BCUT2D eigenvalue weighted by Gasteiger charge is -2.19. The van der Waals surface area contributed by atoms with E-state index in [0.29, 0.717) is 24.9 Å². The standard InChI is InChI=1S/C20H24N4O2S/c1-3-11-24(13-18(25)21-15(2)16-8-5-4-6-9-16)14-19-22-23-20(26-19)17-10-7-12-27-17/h4-10,12,15H,3,11,13-14H2,1-2H3,(H,21,25)/p+1/t15-/m1/s1. The first kappa shape index (κ1) is 19.3. The molecule has 2 aromatic heterocycles. The molecule has 0 aliphatic heterocycles. The first-order valence-electron chi connectivity index (χ1n) is 9.20. The third-order valence-corrected chi connectivity index (χ3v) is 5.15. The number of carbonyl (C=O) groups is 1. The van der Waals surface area contributed by atoms with Crippen LogP contribution in [0.4, 0.5) is 0 Å². The minimum absolute atomic E-state index is 0.0181. The van der Waals surface area contributed by atoms with E-state index in [0.717, 1.165) is 28.3 Å². The van der Waals surface area contributed by atoms with Gasteiger partial charge in [-0.05, 0) is 30.4 Å². The summed E-state index contributed by atoms with van der Waals surface area (Å²) in [5.41, 5.74) is 1.10. The molecule has 1 unspecified atom stereocenters. The van der Waals surface area contributed by atoms with Crippen molar-refractivity contribution < 1.29 is 14.1 Å². The van der Waals surface area contributed by atoms with Crippen molar-refractivity contribution in [2.75, 3.05) is 13.1 Å². The number of quaternary nitrogens is 1. The molecule has 1 aromatic carbocycles. The van der Waals surface area contributed by atoms with Crippen LogP contribution in [-0.4, -0.2) is 29.2 Å². The van der Waals surface area contributed by atoms with Gasteiger partial charge in [0.1, 0.15) is 0 Å². The van der Waals surface area contributed by atoms with Crippen molar-refractivity contribution in [2.45, 2.75) is 32.9 Å². The summed E-state index contributed by atoms with van der Waals surface area (Å²) in [7, 11) is 0. The molecule has 0 saturated heterocycles. The topological polar surface area (TPSA) is 72.5 Å². The van der Waals surface area contributed by atoms with E-state index in [1.807, 2.05) is 54.8 Å². The Labute approximate surface area is 163 Å². The van der Waals surface area contributed by atoms with E-state index in [-0.39, 0.29) is 11.9 Å². The summed E-state index contributed by atoms with van der Waals surface area (Å²) in [5, 5.41) is 13.3. The maximum Gasteiger partial charge on any atom is 0.275 e. The van der Waals surface area contributed by atoms with Crippen molar-refractivity contribution in [2.24, 2.45) is 0 Å². The molecule has 7 heteroatoms. The number of rotatable bonds is 9. The first-order chi connectivity index (χ1) is 13.2. The van der Waals surface area contributed by atoms with Gasteiger partial charge < -0.3 is 14.6 Å². The molecular formula is C20H25N4O2S+. The Morgan fingerprint density at radius 1 is 1.22 bits per heavy atom. The number of nitrogens with one attached hydrogen (secondary N) is 2. The molecule has 0 bridgehead atoms. The summed E-state index contributed by atoms with van der Waals surface area (Å²) < 4.78 is 5.77. The second kappa shape index (κ2) is 9.43. The largest absolute Gasteiger partial charge is 0.414 e. The van der Waals surface area contributed by atoms with Gasteiger partial charge >= 0.3 is 0 Å². The number of thiophene rings is 1. The van der Waals surface area contributed by atoms with Gasteiger partial charge in [0.05, 0.1) is 17.5 Å². The van der Waals surface area contributed by atoms with Crippen LogP contribution in [0.15, 0.2) is 52.3 Å². The van der Waals surface area contributed by atoms with Gasteiger partial charge in [0.15, 0.2) is 13.1 Å². The summed E-state index contributed by atoms with van der Waals surface area (Å²) in [4.78, 5) is 14.6. The third kappa shape index (κ3) is 5.48. The molecule has 6 nitrogen and oxygen atoms in total. The summed E-state index contributed by atoms with van der Waals surface area (Å²) in [5.74, 6) is 1.12. The molecule has 2 atom stereocenters. The van der Waals surface area contributed by atoms with Crippen molar-refractivity contribution in [1.82, 2.24) is 15.5 Å². The quantitative estimate of drug-likeness (QED) is 0.594. The molecule has 2 heterocycles. The molecule has 0 aliphatic carbocycles. The van der Waals surface area contributed by atoms with E-state index >= 15 is 0 Å². The molecule has 0 aliphatic rings. The van der Waals surface area contributed by atoms with Crippen LogP contribution in [0.5, 0.6) is 0 Å². The van der Waals surface area contributed by atoms with Gasteiger partial charge in [0.25, 0.3) is 17.7 Å². The van der Waals surface area contributed by atoms with Gasteiger partial charge in [-0.3, -0.25) is 4.79 Å². The Hall–Kier alpha value is -2.51. The van der Waals surface area contributed by atoms with E-state index in [1.54, 1.807) is 11.3 Å². The number of nitrogens with zero attached hydrogens (tertiary/aromatic N) is 2. The number of carbonyl (C=O) groups excluding carboxylic acids is 1. The Bertz CT molecular complexity index is 833. The Morgan fingerprint density at radius 2 is 2.04 bits per heavy atom. The molecule has 0 radical (unpaired) electrons. The highest BCUT2D eigenvalue weighted by atomic mass is 32.1. The van der Waals surface area contributed by atoms with E-state index in [4.69, 9.17) is 4.42 Å². The molecule has 0 fully saturated rings. The molecule has 2 N–H and O–H groups in total. The SMILES string of the molecule is CCC[NH+](CC(=O)N[C@H](C)c1ccccc1)Cc1nnc(-c2cccs2)o1. The monoisotopic (exact) mass is 385 g/mol. The smallest absolute Gasteiger partial charge is 0.275 e. The zero-order valence-corrected chi connectivity index (χ0v) is 16.5. The van der Waals surface area contributed by atoms with Crippen molar-refractivity contribution in [3.05, 3.63) is 59.3 Å². The first-order valence-corrected chi connectivity index (χ1v) is 10.1. The van der Waals surface area contributed by atoms with Crippen molar-refractivity contribution in [3.63, 3.8) is 0 Å². The molecule has 0 spiro atoms. The van der Waals surface area contributed by atoms with Gasteiger partial charge in [0.2, 0.25) is 0 Å². The molecule has 3 aromatic rings. The summed E-state index contributed by atoms with van der Waals surface area (Å²) in [6, 6.07) is 13.9. The Balaban J connectivity index is 1.58. The van der Waals surface area contributed by atoms with Crippen molar-refractivity contribution in [1.29, 1.82) is 0 Å². The molecule has 142 valence electrons. The lowest BCUT2D eigenvalue weighted by Crippen LogP contribution is -3.12. The second-order valence-corrected chi connectivity index (χ2v) is 7.48. The Kier molecular flexibility index (Phi) is 6.73. The molecule has 3 rings (SSSR count). The number of aromatic nitrogens is 2. The minimum atomic E-state index is -0.0181. The maximum absolute atomic E-state index is 12.5. The molecule has 27 heavy (non-hydrogen) atoms. The van der Waals surface area contributed by atoms with Crippen molar-refractivity contribution in [3.8, 4) is 10.8 Å². The maximum atomic E-state index is 12.5. The number of benzene rings is 1. The number of hydrogen-bond acceptors (Lipinski definition) is 5. The third-order valence-electron chi connectivity index (χ3n) is 4.29. The fraction of sp³-hybridized carbons (Fsp3) is 0.350. The molecular weight excluding hydrogens is 360 g/mol. The van der Waals surface area contributed by atoms with E-state index in [9.17, 15) is 4.79 Å². The van der Waals surface area contributed by atoms with Gasteiger partial charge in [-0.25, -0.2) is 0 Å².